The number of amides is 2. The van der Waals surface area contributed by atoms with Crippen molar-refractivity contribution < 1.29 is 14.3 Å². The molecule has 0 bridgehead atoms. The lowest BCUT2D eigenvalue weighted by molar-refractivity contribution is -0.130. The number of rotatable bonds is 1. The van der Waals surface area contributed by atoms with Gasteiger partial charge in [-0.2, -0.15) is 0 Å². The summed E-state index contributed by atoms with van der Waals surface area (Å²) in [5.41, 5.74) is -0.483. The third-order valence-corrected chi connectivity index (χ3v) is 4.56. The maximum Gasteiger partial charge on any atom is 0.412 e. The lowest BCUT2D eigenvalue weighted by atomic mass is 9.85. The van der Waals surface area contributed by atoms with Crippen LogP contribution in [0, 0.1) is 0 Å². The topological polar surface area (TPSA) is 61.9 Å². The van der Waals surface area contributed by atoms with Crippen LogP contribution in [-0.4, -0.2) is 57.7 Å². The summed E-state index contributed by atoms with van der Waals surface area (Å²) < 4.78 is 5.54. The molecule has 2 amide bonds. The predicted octanol–water partition coefficient (Wildman–Crippen LogP) is 3.36. The number of fused-ring (bicyclic) bond motifs is 1. The molecule has 1 saturated heterocycles. The van der Waals surface area contributed by atoms with Crippen molar-refractivity contribution in [2.75, 3.05) is 6.67 Å². The molecule has 0 spiro atoms. The number of hydrogen-bond donors (Lipinski definition) is 1. The van der Waals surface area contributed by atoms with Gasteiger partial charge in [0.25, 0.3) is 0 Å². The number of carbonyl (C=O) groups excluding carboxylic acids is 2. The van der Waals surface area contributed by atoms with Gasteiger partial charge in [0.05, 0.1) is 18.8 Å². The van der Waals surface area contributed by atoms with Crippen LogP contribution in [0.5, 0.6) is 0 Å². The second-order valence-electron chi connectivity index (χ2n) is 9.12. The Kier molecular flexibility index (Phi) is 6.54. The van der Waals surface area contributed by atoms with E-state index in [1.165, 1.54) is 0 Å². The second-order valence-corrected chi connectivity index (χ2v) is 9.12. The molecule has 6 heteroatoms. The number of carbonyl (C=O) groups is 2. The van der Waals surface area contributed by atoms with Crippen molar-refractivity contribution >= 4 is 12.0 Å². The molecule has 0 unspecified atom stereocenters. The van der Waals surface area contributed by atoms with Gasteiger partial charge >= 0.3 is 6.09 Å². The predicted molar refractivity (Wildman–Crippen MR) is 100 cm³/mol. The molecule has 2 aliphatic rings. The molecule has 1 aliphatic heterocycles. The SMILES string of the molecule is C.CC(=O)N1CN(C(=O)OC(C)(C)C)[C@H]2CC[C@@H](NC(C)(C)C)C[C@H]21. The summed E-state index contributed by atoms with van der Waals surface area (Å²) in [5, 5.41) is 3.64. The summed E-state index contributed by atoms with van der Waals surface area (Å²) in [6.07, 6.45) is 2.45. The molecule has 2 fully saturated rings. The quantitative estimate of drug-likeness (QED) is 0.783. The normalized spacial score (nSPS) is 26.8. The molecule has 6 nitrogen and oxygen atoms in total. The zero-order valence-corrected chi connectivity index (χ0v) is 16.2. The van der Waals surface area contributed by atoms with E-state index in [9.17, 15) is 9.59 Å². The molecular weight excluding hydrogens is 318 g/mol. The standard InChI is InChI=1S/C18H33N3O3.CH4/c1-12(22)20-11-21(16(23)24-18(5,6)7)14-9-8-13(10-15(14)20)19-17(2,3)4;/h13-15,19H,8-11H2,1-7H3;1H4/t13-,14+,15-;/m1./s1. The van der Waals surface area contributed by atoms with E-state index in [1.807, 2.05) is 25.7 Å². The smallest absolute Gasteiger partial charge is 0.412 e. The maximum absolute atomic E-state index is 12.5. The maximum atomic E-state index is 12.5. The summed E-state index contributed by atoms with van der Waals surface area (Å²) in [5.74, 6) is 0.0208. The van der Waals surface area contributed by atoms with Gasteiger partial charge in [-0.1, -0.05) is 7.43 Å². The minimum absolute atomic E-state index is 0. The lowest BCUT2D eigenvalue weighted by Gasteiger charge is -2.39. The van der Waals surface area contributed by atoms with E-state index in [1.54, 1.807) is 11.8 Å². The van der Waals surface area contributed by atoms with Crippen molar-refractivity contribution in [1.82, 2.24) is 15.1 Å². The monoisotopic (exact) mass is 355 g/mol. The van der Waals surface area contributed by atoms with Crippen molar-refractivity contribution in [3.05, 3.63) is 0 Å². The molecule has 0 aromatic heterocycles. The zero-order valence-electron chi connectivity index (χ0n) is 16.2. The first-order valence-electron chi connectivity index (χ1n) is 8.92. The van der Waals surface area contributed by atoms with Gasteiger partial charge in [-0.25, -0.2) is 4.79 Å². The molecule has 0 aromatic rings. The van der Waals surface area contributed by atoms with E-state index in [-0.39, 0.29) is 37.0 Å². The first kappa shape index (κ1) is 21.7. The van der Waals surface area contributed by atoms with Crippen molar-refractivity contribution in [1.29, 1.82) is 0 Å². The summed E-state index contributed by atoms with van der Waals surface area (Å²) in [6, 6.07) is 0.497. The molecule has 3 atom stereocenters. The summed E-state index contributed by atoms with van der Waals surface area (Å²) >= 11 is 0. The van der Waals surface area contributed by atoms with Crippen LogP contribution in [0.3, 0.4) is 0 Å². The Morgan fingerprint density at radius 3 is 2.08 bits per heavy atom. The van der Waals surface area contributed by atoms with Crippen LogP contribution in [0.2, 0.25) is 0 Å². The van der Waals surface area contributed by atoms with Gasteiger partial charge in [-0.15, -0.1) is 0 Å². The summed E-state index contributed by atoms with van der Waals surface area (Å²) in [6.45, 7) is 14.0. The third-order valence-electron chi connectivity index (χ3n) is 4.56. The Bertz CT molecular complexity index is 493. The molecule has 0 radical (unpaired) electrons. The van der Waals surface area contributed by atoms with Gasteiger partial charge < -0.3 is 15.0 Å². The van der Waals surface area contributed by atoms with E-state index < -0.39 is 5.60 Å². The Hall–Kier alpha value is -1.30. The molecule has 25 heavy (non-hydrogen) atoms. The zero-order chi connectivity index (χ0) is 18.3. The van der Waals surface area contributed by atoms with Crippen LogP contribution >= 0.6 is 0 Å². The van der Waals surface area contributed by atoms with Gasteiger partial charge in [0.1, 0.15) is 5.60 Å². The van der Waals surface area contributed by atoms with Crippen molar-refractivity contribution in [2.45, 2.75) is 104 Å². The summed E-state index contributed by atoms with van der Waals surface area (Å²) in [4.78, 5) is 28.2. The molecule has 1 N–H and O–H groups in total. The van der Waals surface area contributed by atoms with E-state index in [4.69, 9.17) is 4.74 Å². The van der Waals surface area contributed by atoms with E-state index in [0.29, 0.717) is 12.7 Å². The Morgan fingerprint density at radius 1 is 1.00 bits per heavy atom. The number of hydrogen-bond acceptors (Lipinski definition) is 4. The number of ether oxygens (including phenoxy) is 1. The highest BCUT2D eigenvalue weighted by atomic mass is 16.6. The molecule has 0 aromatic carbocycles. The molecular formula is C19H37N3O3. The highest BCUT2D eigenvalue weighted by Gasteiger charge is 2.48. The first-order chi connectivity index (χ1) is 10.9. The number of nitrogens with one attached hydrogen (secondary N) is 1. The molecule has 1 heterocycles. The Balaban J connectivity index is 0.00000312. The highest BCUT2D eigenvalue weighted by molar-refractivity contribution is 5.76. The second kappa shape index (κ2) is 7.52. The third kappa shape index (κ3) is 5.59. The van der Waals surface area contributed by atoms with Crippen molar-refractivity contribution in [2.24, 2.45) is 0 Å². The van der Waals surface area contributed by atoms with Gasteiger partial charge in [0.15, 0.2) is 0 Å². The van der Waals surface area contributed by atoms with Gasteiger partial charge in [-0.3, -0.25) is 9.69 Å². The van der Waals surface area contributed by atoms with Gasteiger partial charge in [0.2, 0.25) is 5.91 Å². The van der Waals surface area contributed by atoms with E-state index >= 15 is 0 Å². The minimum atomic E-state index is -0.527. The molecule has 1 aliphatic carbocycles. The molecule has 2 rings (SSSR count). The van der Waals surface area contributed by atoms with Crippen LogP contribution in [0.1, 0.15) is 75.2 Å². The highest BCUT2D eigenvalue weighted by Crippen LogP contribution is 2.34. The fourth-order valence-electron chi connectivity index (χ4n) is 3.79. The van der Waals surface area contributed by atoms with Crippen molar-refractivity contribution in [3.8, 4) is 0 Å². The van der Waals surface area contributed by atoms with E-state index in [2.05, 4.69) is 26.1 Å². The van der Waals surface area contributed by atoms with Crippen LogP contribution < -0.4 is 5.32 Å². The fraction of sp³-hybridized carbons (Fsp3) is 0.895. The van der Waals surface area contributed by atoms with Crippen LogP contribution in [0.4, 0.5) is 4.79 Å². The minimum Gasteiger partial charge on any atom is -0.444 e. The van der Waals surface area contributed by atoms with Crippen LogP contribution in [0.15, 0.2) is 0 Å². The van der Waals surface area contributed by atoms with Crippen LogP contribution in [-0.2, 0) is 9.53 Å². The summed E-state index contributed by atoms with van der Waals surface area (Å²) in [7, 11) is 0. The average molecular weight is 356 g/mol. The molecule has 146 valence electrons. The Labute approximate surface area is 153 Å². The number of nitrogens with zero attached hydrogens (tertiary/aromatic N) is 2. The first-order valence-corrected chi connectivity index (χ1v) is 8.92. The van der Waals surface area contributed by atoms with Crippen LogP contribution in [0.25, 0.3) is 0 Å². The fourth-order valence-corrected chi connectivity index (χ4v) is 3.79. The average Bonchev–Trinajstić information content (AvgIpc) is 2.73. The molecule has 1 saturated carbocycles. The largest absolute Gasteiger partial charge is 0.444 e. The van der Waals surface area contributed by atoms with Gasteiger partial charge in [-0.05, 0) is 60.8 Å². The Morgan fingerprint density at radius 2 is 1.60 bits per heavy atom. The van der Waals surface area contributed by atoms with Crippen molar-refractivity contribution in [3.63, 3.8) is 0 Å². The lowest BCUT2D eigenvalue weighted by Crippen LogP contribution is -2.53. The van der Waals surface area contributed by atoms with Gasteiger partial charge in [0, 0.05) is 18.5 Å². The van der Waals surface area contributed by atoms with E-state index in [0.717, 1.165) is 19.3 Å².